The first-order chi connectivity index (χ1) is 6.63. The molecule has 0 aliphatic heterocycles. The Hall–Kier alpha value is -0.930. The molecule has 1 aromatic carbocycles. The fraction of sp³-hybridized carbons (Fsp3) is 0.273. The van der Waals surface area contributed by atoms with Crippen LogP contribution in [0.4, 0.5) is 0 Å². The summed E-state index contributed by atoms with van der Waals surface area (Å²) in [7, 11) is 0. The van der Waals surface area contributed by atoms with Crippen LogP contribution in [0, 0.1) is 6.92 Å². The molecule has 0 N–H and O–H groups in total. The zero-order valence-electron chi connectivity index (χ0n) is 8.40. The fourth-order valence-corrected chi connectivity index (χ4v) is 1.71. The van der Waals surface area contributed by atoms with Crippen molar-refractivity contribution in [3.8, 4) is 0 Å². The Kier molecular flexibility index (Phi) is 4.04. The lowest BCUT2D eigenvalue weighted by molar-refractivity contribution is 0.299. The Morgan fingerprint density at radius 1 is 1.43 bits per heavy atom. The van der Waals surface area contributed by atoms with Gasteiger partial charge in [-0.05, 0) is 26.0 Å². The maximum Gasteiger partial charge on any atom is 0.189 e. The van der Waals surface area contributed by atoms with Crippen LogP contribution in [-0.4, -0.2) is 10.3 Å². The largest absolute Gasteiger partial charge is 0.279 e. The van der Waals surface area contributed by atoms with Gasteiger partial charge in [0.25, 0.3) is 0 Å². The Morgan fingerprint density at radius 2 is 2.00 bits per heavy atom. The van der Waals surface area contributed by atoms with Crippen molar-refractivity contribution in [2.24, 2.45) is 0 Å². The van der Waals surface area contributed by atoms with Crippen LogP contribution >= 0.6 is 0 Å². The summed E-state index contributed by atoms with van der Waals surface area (Å²) in [6, 6.07) is 7.44. The van der Waals surface area contributed by atoms with Crippen molar-refractivity contribution in [3.63, 3.8) is 0 Å². The number of hydrogen-bond donors (Lipinski definition) is 0. The topological polar surface area (TPSA) is 26.3 Å². The zero-order chi connectivity index (χ0) is 10.6. The highest BCUT2D eigenvalue weighted by molar-refractivity contribution is 7.80. The molecule has 2 atom stereocenters. The van der Waals surface area contributed by atoms with Crippen molar-refractivity contribution in [1.82, 2.24) is 0 Å². The van der Waals surface area contributed by atoms with E-state index in [0.717, 1.165) is 5.56 Å². The van der Waals surface area contributed by atoms with Gasteiger partial charge < -0.3 is 0 Å². The van der Waals surface area contributed by atoms with E-state index in [2.05, 4.69) is 6.58 Å². The first-order valence-corrected chi connectivity index (χ1v) is 5.49. The molecule has 0 bridgehead atoms. The molecule has 0 amide bonds. The second-order valence-corrected chi connectivity index (χ2v) is 4.22. The van der Waals surface area contributed by atoms with Gasteiger partial charge >= 0.3 is 0 Å². The minimum absolute atomic E-state index is 0.197. The molecule has 0 aliphatic rings. The number of rotatable bonds is 4. The van der Waals surface area contributed by atoms with Crippen LogP contribution in [0.1, 0.15) is 12.5 Å². The van der Waals surface area contributed by atoms with E-state index in [4.69, 9.17) is 4.18 Å². The molecular formula is C11H14O2S. The summed E-state index contributed by atoms with van der Waals surface area (Å²) in [6.07, 6.45) is 1.42. The van der Waals surface area contributed by atoms with Crippen LogP contribution in [0.2, 0.25) is 0 Å². The van der Waals surface area contributed by atoms with Crippen LogP contribution < -0.4 is 0 Å². The zero-order valence-corrected chi connectivity index (χ0v) is 9.21. The highest BCUT2D eigenvalue weighted by Crippen LogP contribution is 2.11. The lowest BCUT2D eigenvalue weighted by atomic mass is 10.2. The fourth-order valence-electron chi connectivity index (χ4n) is 0.882. The lowest BCUT2D eigenvalue weighted by Crippen LogP contribution is -2.07. The molecular weight excluding hydrogens is 196 g/mol. The lowest BCUT2D eigenvalue weighted by Gasteiger charge is -2.06. The first kappa shape index (κ1) is 11.1. The molecule has 0 spiro atoms. The maximum absolute atomic E-state index is 11.6. The molecule has 0 saturated heterocycles. The smallest absolute Gasteiger partial charge is 0.189 e. The predicted octanol–water partition coefficient (Wildman–Crippen LogP) is 2.61. The standard InChI is InChI=1S/C11H14O2S/c1-4-10(3)13-14(12)11-7-5-9(2)6-8-11/h4-8,10H,1H2,2-3H3. The van der Waals surface area contributed by atoms with E-state index in [0.29, 0.717) is 4.90 Å². The maximum atomic E-state index is 11.6. The summed E-state index contributed by atoms with van der Waals surface area (Å²) in [6.45, 7) is 7.35. The third-order valence-electron chi connectivity index (χ3n) is 1.78. The van der Waals surface area contributed by atoms with Gasteiger partial charge in [0, 0.05) is 0 Å². The molecule has 0 fully saturated rings. The summed E-state index contributed by atoms with van der Waals surface area (Å²) < 4.78 is 16.7. The second-order valence-electron chi connectivity index (χ2n) is 3.08. The van der Waals surface area contributed by atoms with E-state index >= 15 is 0 Å². The number of benzene rings is 1. The third-order valence-corrected chi connectivity index (χ3v) is 2.92. The summed E-state index contributed by atoms with van der Waals surface area (Å²) >= 11 is -1.39. The van der Waals surface area contributed by atoms with E-state index in [1.54, 1.807) is 25.1 Å². The molecule has 0 aromatic heterocycles. The van der Waals surface area contributed by atoms with Crippen molar-refractivity contribution in [3.05, 3.63) is 42.5 Å². The second kappa shape index (κ2) is 5.08. The quantitative estimate of drug-likeness (QED) is 0.714. The van der Waals surface area contributed by atoms with Gasteiger partial charge in [-0.3, -0.25) is 4.18 Å². The van der Waals surface area contributed by atoms with Crippen molar-refractivity contribution in [2.75, 3.05) is 0 Å². The average Bonchev–Trinajstić information content (AvgIpc) is 2.18. The van der Waals surface area contributed by atoms with Crippen LogP contribution in [0.5, 0.6) is 0 Å². The highest BCUT2D eigenvalue weighted by Gasteiger charge is 2.06. The number of hydrogen-bond acceptors (Lipinski definition) is 2. The predicted molar refractivity (Wildman–Crippen MR) is 58.3 cm³/mol. The van der Waals surface area contributed by atoms with Crippen molar-refractivity contribution >= 4 is 11.1 Å². The summed E-state index contributed by atoms with van der Waals surface area (Å²) in [5.41, 5.74) is 1.14. The Bertz CT molecular complexity index is 330. The van der Waals surface area contributed by atoms with E-state index in [1.165, 1.54) is 0 Å². The third kappa shape index (κ3) is 3.09. The summed E-state index contributed by atoms with van der Waals surface area (Å²) in [5.74, 6) is 0. The Labute approximate surface area is 87.3 Å². The van der Waals surface area contributed by atoms with Gasteiger partial charge in [-0.15, -0.1) is 6.58 Å². The van der Waals surface area contributed by atoms with E-state index in [1.807, 2.05) is 19.1 Å². The van der Waals surface area contributed by atoms with E-state index in [-0.39, 0.29) is 6.10 Å². The molecule has 1 aromatic rings. The molecule has 14 heavy (non-hydrogen) atoms. The van der Waals surface area contributed by atoms with Gasteiger partial charge in [0.05, 0.1) is 11.0 Å². The number of aryl methyl sites for hydroxylation is 1. The monoisotopic (exact) mass is 210 g/mol. The van der Waals surface area contributed by atoms with Gasteiger partial charge in [-0.1, -0.05) is 23.8 Å². The van der Waals surface area contributed by atoms with Crippen LogP contribution in [0.3, 0.4) is 0 Å². The van der Waals surface area contributed by atoms with Crippen LogP contribution in [0.15, 0.2) is 41.8 Å². The van der Waals surface area contributed by atoms with E-state index < -0.39 is 11.1 Å². The van der Waals surface area contributed by atoms with E-state index in [9.17, 15) is 4.21 Å². The van der Waals surface area contributed by atoms with Gasteiger partial charge in [-0.25, -0.2) is 4.21 Å². The molecule has 0 heterocycles. The van der Waals surface area contributed by atoms with Crippen molar-refractivity contribution < 1.29 is 8.39 Å². The summed E-state index contributed by atoms with van der Waals surface area (Å²) in [5, 5.41) is 0. The molecule has 0 aliphatic carbocycles. The van der Waals surface area contributed by atoms with Crippen molar-refractivity contribution in [2.45, 2.75) is 24.8 Å². The molecule has 0 saturated carbocycles. The first-order valence-electron chi connectivity index (χ1n) is 4.41. The van der Waals surface area contributed by atoms with Gasteiger partial charge in [0.15, 0.2) is 11.1 Å². The van der Waals surface area contributed by atoms with Gasteiger partial charge in [0.2, 0.25) is 0 Å². The highest BCUT2D eigenvalue weighted by atomic mass is 32.2. The summed E-state index contributed by atoms with van der Waals surface area (Å²) in [4.78, 5) is 0.685. The molecule has 76 valence electrons. The SMILES string of the molecule is C=CC(C)OS(=O)c1ccc(C)cc1. The minimum Gasteiger partial charge on any atom is -0.279 e. The molecule has 1 rings (SSSR count). The molecule has 3 heteroatoms. The Morgan fingerprint density at radius 3 is 2.50 bits per heavy atom. The minimum atomic E-state index is -1.39. The average molecular weight is 210 g/mol. The van der Waals surface area contributed by atoms with Crippen molar-refractivity contribution in [1.29, 1.82) is 0 Å². The van der Waals surface area contributed by atoms with Gasteiger partial charge in [-0.2, -0.15) is 0 Å². The molecule has 2 nitrogen and oxygen atoms in total. The normalized spacial score (nSPS) is 14.7. The van der Waals surface area contributed by atoms with Gasteiger partial charge in [0.1, 0.15) is 0 Å². The Balaban J connectivity index is 2.70. The van der Waals surface area contributed by atoms with Crippen LogP contribution in [-0.2, 0) is 15.3 Å². The molecule has 0 radical (unpaired) electrons. The molecule has 2 unspecified atom stereocenters. The van der Waals surface area contributed by atoms with Crippen LogP contribution in [0.25, 0.3) is 0 Å².